The molecule has 64 valence electrons. The standard InChI is InChI=1S/C2H7N5O3S/c3-1(4)7(2(5)8)11(6,9)10/h(H3,3,4)(H2,5,8)(H2,6,9,10). The summed E-state index contributed by atoms with van der Waals surface area (Å²) in [6.07, 6.45) is 0. The molecule has 0 radical (unpaired) electrons. The SMILES string of the molecule is N=C(N)N(C(N)=O)S(N)(=O)=O. The molecule has 0 aliphatic rings. The zero-order chi connectivity index (χ0) is 9.23. The topological polar surface area (TPSA) is 156 Å². The maximum Gasteiger partial charge on any atom is 0.336 e. The summed E-state index contributed by atoms with van der Waals surface area (Å²) in [5.41, 5.74) is 9.20. The Morgan fingerprint density at radius 1 is 1.36 bits per heavy atom. The number of hydrogen-bond acceptors (Lipinski definition) is 4. The lowest BCUT2D eigenvalue weighted by Crippen LogP contribution is -2.50. The van der Waals surface area contributed by atoms with Gasteiger partial charge in [0.15, 0.2) is 0 Å². The van der Waals surface area contributed by atoms with Crippen molar-refractivity contribution in [2.45, 2.75) is 0 Å². The second kappa shape index (κ2) is 2.72. The lowest BCUT2D eigenvalue weighted by Gasteiger charge is -2.13. The fourth-order valence-electron chi connectivity index (χ4n) is 0.381. The summed E-state index contributed by atoms with van der Waals surface area (Å²) >= 11 is 0. The van der Waals surface area contributed by atoms with Crippen LogP contribution in [0, 0.1) is 5.41 Å². The maximum absolute atomic E-state index is 10.4. The first-order valence-corrected chi connectivity index (χ1v) is 3.73. The summed E-state index contributed by atoms with van der Waals surface area (Å²) in [5, 5.41) is 11.0. The number of carbonyl (C=O) groups excluding carboxylic acids is 1. The Hall–Kier alpha value is -1.35. The van der Waals surface area contributed by atoms with E-state index < -0.39 is 22.2 Å². The molecule has 0 aliphatic heterocycles. The van der Waals surface area contributed by atoms with E-state index in [0.29, 0.717) is 0 Å². The Bertz CT molecular complexity index is 266. The van der Waals surface area contributed by atoms with Gasteiger partial charge in [0, 0.05) is 0 Å². The van der Waals surface area contributed by atoms with Crippen LogP contribution in [0.15, 0.2) is 0 Å². The van der Waals surface area contributed by atoms with Crippen LogP contribution in [0.25, 0.3) is 0 Å². The third-order valence-electron chi connectivity index (χ3n) is 0.673. The molecule has 0 saturated carbocycles. The minimum absolute atomic E-state index is 0.229. The van der Waals surface area contributed by atoms with Gasteiger partial charge < -0.3 is 11.5 Å². The fraction of sp³-hybridized carbons (Fsp3) is 0. The maximum atomic E-state index is 10.4. The van der Waals surface area contributed by atoms with E-state index in [1.807, 2.05) is 0 Å². The van der Waals surface area contributed by atoms with Gasteiger partial charge in [-0.3, -0.25) is 5.41 Å². The first kappa shape index (κ1) is 9.65. The van der Waals surface area contributed by atoms with Crippen molar-refractivity contribution in [3.8, 4) is 0 Å². The molecule has 8 nitrogen and oxygen atoms in total. The van der Waals surface area contributed by atoms with Gasteiger partial charge in [0.2, 0.25) is 5.96 Å². The van der Waals surface area contributed by atoms with Gasteiger partial charge in [-0.05, 0) is 0 Å². The van der Waals surface area contributed by atoms with Gasteiger partial charge in [0.1, 0.15) is 0 Å². The Kier molecular flexibility index (Phi) is 2.38. The van der Waals surface area contributed by atoms with Crippen molar-refractivity contribution in [3.05, 3.63) is 0 Å². The van der Waals surface area contributed by atoms with Gasteiger partial charge >= 0.3 is 16.2 Å². The molecule has 0 aromatic carbocycles. The molecule has 0 saturated heterocycles. The van der Waals surface area contributed by atoms with Crippen molar-refractivity contribution in [1.29, 1.82) is 5.41 Å². The van der Waals surface area contributed by atoms with E-state index in [2.05, 4.69) is 16.6 Å². The molecule has 2 amide bonds. The Balaban J connectivity index is 4.94. The van der Waals surface area contributed by atoms with Crippen LogP contribution in [0.3, 0.4) is 0 Å². The number of primary amides is 1. The first-order chi connectivity index (χ1) is 4.76. The lowest BCUT2D eigenvalue weighted by atomic mass is 10.9. The van der Waals surface area contributed by atoms with E-state index in [9.17, 15) is 13.2 Å². The predicted molar refractivity (Wildman–Crippen MR) is 36.4 cm³/mol. The number of nitrogens with one attached hydrogen (secondary N) is 1. The quantitative estimate of drug-likeness (QED) is 0.259. The number of urea groups is 1. The summed E-state index contributed by atoms with van der Waals surface area (Å²) in [5.74, 6) is -1.04. The lowest BCUT2D eigenvalue weighted by molar-refractivity contribution is 0.242. The predicted octanol–water partition coefficient (Wildman–Crippen LogP) is -2.54. The Morgan fingerprint density at radius 3 is 1.73 bits per heavy atom. The molecule has 9 heteroatoms. The van der Waals surface area contributed by atoms with Crippen LogP contribution >= 0.6 is 0 Å². The molecule has 0 spiro atoms. The van der Waals surface area contributed by atoms with Crippen molar-refractivity contribution < 1.29 is 13.2 Å². The largest absolute Gasteiger partial charge is 0.369 e. The van der Waals surface area contributed by atoms with Crippen LogP contribution in [-0.4, -0.2) is 24.7 Å². The van der Waals surface area contributed by atoms with Gasteiger partial charge in [-0.15, -0.1) is 4.31 Å². The molecule has 0 aromatic rings. The summed E-state index contributed by atoms with van der Waals surface area (Å²) in [4.78, 5) is 10.3. The molecule has 0 unspecified atom stereocenters. The zero-order valence-corrected chi connectivity index (χ0v) is 6.13. The van der Waals surface area contributed by atoms with E-state index in [-0.39, 0.29) is 4.31 Å². The number of carbonyl (C=O) groups is 1. The van der Waals surface area contributed by atoms with Crippen molar-refractivity contribution in [2.24, 2.45) is 16.6 Å². The molecule has 0 rings (SSSR count). The van der Waals surface area contributed by atoms with E-state index in [1.54, 1.807) is 0 Å². The fourth-order valence-corrected chi connectivity index (χ4v) is 0.906. The van der Waals surface area contributed by atoms with Crippen LogP contribution < -0.4 is 16.6 Å². The average molecular weight is 181 g/mol. The molecule has 0 atom stereocenters. The second-order valence-corrected chi connectivity index (χ2v) is 2.93. The minimum atomic E-state index is -4.35. The zero-order valence-electron chi connectivity index (χ0n) is 5.31. The van der Waals surface area contributed by atoms with Gasteiger partial charge in [-0.1, -0.05) is 0 Å². The van der Waals surface area contributed by atoms with Crippen molar-refractivity contribution in [2.75, 3.05) is 0 Å². The highest BCUT2D eigenvalue weighted by atomic mass is 32.2. The van der Waals surface area contributed by atoms with Crippen LogP contribution in [0.1, 0.15) is 0 Å². The molecule has 0 fully saturated rings. The molecule has 0 heterocycles. The van der Waals surface area contributed by atoms with Gasteiger partial charge in [0.05, 0.1) is 0 Å². The first-order valence-electron chi connectivity index (χ1n) is 2.23. The molecule has 0 bridgehead atoms. The minimum Gasteiger partial charge on any atom is -0.369 e. The molecule has 7 N–H and O–H groups in total. The summed E-state index contributed by atoms with van der Waals surface area (Å²) in [6, 6.07) is -1.42. The second-order valence-electron chi connectivity index (χ2n) is 1.53. The highest BCUT2D eigenvalue weighted by Crippen LogP contribution is 1.90. The van der Waals surface area contributed by atoms with E-state index in [1.165, 1.54) is 0 Å². The van der Waals surface area contributed by atoms with Crippen molar-refractivity contribution in [1.82, 2.24) is 4.31 Å². The number of guanidine groups is 1. The molecular weight excluding hydrogens is 174 g/mol. The van der Waals surface area contributed by atoms with Crippen LogP contribution in [0.5, 0.6) is 0 Å². The summed E-state index contributed by atoms with van der Waals surface area (Å²) in [7, 11) is -4.35. The molecule has 11 heavy (non-hydrogen) atoms. The van der Waals surface area contributed by atoms with E-state index in [0.717, 1.165) is 0 Å². The third kappa shape index (κ3) is 2.39. The number of amides is 2. The van der Waals surface area contributed by atoms with Crippen LogP contribution in [0.2, 0.25) is 0 Å². The average Bonchev–Trinajstić information content (AvgIpc) is 1.54. The number of nitrogens with two attached hydrogens (primary N) is 3. The van der Waals surface area contributed by atoms with Crippen molar-refractivity contribution >= 4 is 22.2 Å². The Morgan fingerprint density at radius 2 is 1.73 bits per heavy atom. The summed E-state index contributed by atoms with van der Waals surface area (Å²) in [6.45, 7) is 0. The highest BCUT2D eigenvalue weighted by molar-refractivity contribution is 7.87. The molecule has 0 aromatic heterocycles. The number of nitrogens with zero attached hydrogens (tertiary/aromatic N) is 1. The van der Waals surface area contributed by atoms with E-state index in [4.69, 9.17) is 5.41 Å². The normalized spacial score (nSPS) is 10.6. The van der Waals surface area contributed by atoms with Crippen LogP contribution in [0.4, 0.5) is 4.79 Å². The smallest absolute Gasteiger partial charge is 0.336 e. The Labute approximate surface area is 62.6 Å². The molecule has 0 aliphatic carbocycles. The van der Waals surface area contributed by atoms with E-state index >= 15 is 0 Å². The highest BCUT2D eigenvalue weighted by Gasteiger charge is 2.24. The van der Waals surface area contributed by atoms with Gasteiger partial charge in [-0.2, -0.15) is 8.42 Å². The van der Waals surface area contributed by atoms with Gasteiger partial charge in [0.25, 0.3) is 0 Å². The third-order valence-corrected chi connectivity index (χ3v) is 1.56. The van der Waals surface area contributed by atoms with Crippen molar-refractivity contribution in [3.63, 3.8) is 0 Å². The number of hydrogen-bond donors (Lipinski definition) is 4. The molecular formula is C2H7N5O3S. The van der Waals surface area contributed by atoms with Crippen LogP contribution in [-0.2, 0) is 10.2 Å². The monoisotopic (exact) mass is 181 g/mol. The van der Waals surface area contributed by atoms with Gasteiger partial charge in [-0.25, -0.2) is 9.93 Å². The number of rotatable bonds is 1. The summed E-state index contributed by atoms with van der Waals surface area (Å²) < 4.78 is 20.6.